The third-order valence-corrected chi connectivity index (χ3v) is 4.11. The molecule has 1 aromatic heterocycles. The van der Waals surface area contributed by atoms with Gasteiger partial charge in [-0.3, -0.25) is 0 Å². The van der Waals surface area contributed by atoms with Crippen LogP contribution in [0.4, 0.5) is 0 Å². The van der Waals surface area contributed by atoms with E-state index in [1.807, 2.05) is 12.3 Å². The van der Waals surface area contributed by atoms with Crippen molar-refractivity contribution in [3.63, 3.8) is 0 Å². The van der Waals surface area contributed by atoms with Crippen LogP contribution in [0, 0.1) is 0 Å². The zero-order valence-electron chi connectivity index (χ0n) is 9.78. The Morgan fingerprint density at radius 2 is 2.12 bits per heavy atom. The maximum atomic E-state index is 5.65. The van der Waals surface area contributed by atoms with Crippen LogP contribution in [0.15, 0.2) is 18.3 Å². The second-order valence-corrected chi connectivity index (χ2v) is 5.04. The normalized spacial score (nSPS) is 23.8. The molecular formula is C13H18N2O. The summed E-state index contributed by atoms with van der Waals surface area (Å²) in [6.07, 6.45) is 5.46. The Labute approximate surface area is 96.4 Å². The fourth-order valence-corrected chi connectivity index (χ4v) is 2.95. The minimum Gasteiger partial charge on any atom is -0.477 e. The summed E-state index contributed by atoms with van der Waals surface area (Å²) in [5.41, 5.74) is 1.68. The molecule has 1 aromatic rings. The van der Waals surface area contributed by atoms with Crippen molar-refractivity contribution in [2.75, 3.05) is 26.7 Å². The summed E-state index contributed by atoms with van der Waals surface area (Å²) >= 11 is 0. The molecule has 0 aliphatic carbocycles. The van der Waals surface area contributed by atoms with Crippen molar-refractivity contribution in [1.82, 2.24) is 9.88 Å². The molecule has 3 heterocycles. The molecule has 0 aromatic carbocycles. The van der Waals surface area contributed by atoms with Gasteiger partial charge in [0.1, 0.15) is 0 Å². The van der Waals surface area contributed by atoms with Gasteiger partial charge in [-0.25, -0.2) is 4.98 Å². The third kappa shape index (κ3) is 1.50. The lowest BCUT2D eigenvalue weighted by Crippen LogP contribution is -2.43. The average Bonchev–Trinajstić information content (AvgIpc) is 2.34. The first-order valence-electron chi connectivity index (χ1n) is 6.07. The first-order chi connectivity index (χ1) is 7.80. The van der Waals surface area contributed by atoms with Gasteiger partial charge in [0.2, 0.25) is 5.88 Å². The summed E-state index contributed by atoms with van der Waals surface area (Å²) in [5, 5.41) is 0. The highest BCUT2D eigenvalue weighted by molar-refractivity contribution is 5.36. The van der Waals surface area contributed by atoms with Crippen molar-refractivity contribution < 1.29 is 4.74 Å². The molecule has 0 radical (unpaired) electrons. The first-order valence-corrected chi connectivity index (χ1v) is 6.07. The molecule has 3 heteroatoms. The van der Waals surface area contributed by atoms with E-state index >= 15 is 0 Å². The summed E-state index contributed by atoms with van der Waals surface area (Å²) in [6, 6.07) is 4.24. The topological polar surface area (TPSA) is 25.4 Å². The molecule has 2 aliphatic heterocycles. The lowest BCUT2D eigenvalue weighted by molar-refractivity contribution is 0.128. The highest BCUT2D eigenvalue weighted by Gasteiger charge is 2.40. The van der Waals surface area contributed by atoms with Crippen molar-refractivity contribution in [3.05, 3.63) is 23.9 Å². The van der Waals surface area contributed by atoms with Gasteiger partial charge in [-0.05, 0) is 45.5 Å². The van der Waals surface area contributed by atoms with Gasteiger partial charge in [-0.15, -0.1) is 0 Å². The molecule has 2 aliphatic rings. The predicted molar refractivity (Wildman–Crippen MR) is 62.8 cm³/mol. The van der Waals surface area contributed by atoms with Crippen LogP contribution >= 0.6 is 0 Å². The van der Waals surface area contributed by atoms with E-state index in [2.05, 4.69) is 23.0 Å². The lowest BCUT2D eigenvalue weighted by atomic mass is 9.70. The van der Waals surface area contributed by atoms with Crippen LogP contribution in [0.1, 0.15) is 24.8 Å². The van der Waals surface area contributed by atoms with Gasteiger partial charge in [0.05, 0.1) is 6.61 Å². The van der Waals surface area contributed by atoms with E-state index in [4.69, 9.17) is 4.74 Å². The Balaban J connectivity index is 1.97. The quantitative estimate of drug-likeness (QED) is 0.664. The second kappa shape index (κ2) is 3.74. The molecule has 3 rings (SSSR count). The number of piperidine rings is 1. The Hall–Kier alpha value is -1.09. The SMILES string of the molecule is CN1CCC2(CCOc3ncccc32)CC1. The number of hydrogen-bond acceptors (Lipinski definition) is 3. The van der Waals surface area contributed by atoms with Crippen LogP contribution in [-0.2, 0) is 5.41 Å². The molecule has 0 bridgehead atoms. The fraction of sp³-hybridized carbons (Fsp3) is 0.615. The van der Waals surface area contributed by atoms with Crippen molar-refractivity contribution in [1.29, 1.82) is 0 Å². The van der Waals surface area contributed by atoms with E-state index in [9.17, 15) is 0 Å². The smallest absolute Gasteiger partial charge is 0.217 e. The molecule has 0 N–H and O–H groups in total. The van der Waals surface area contributed by atoms with Gasteiger partial charge in [-0.1, -0.05) is 6.07 Å². The van der Waals surface area contributed by atoms with Crippen LogP contribution in [0.5, 0.6) is 5.88 Å². The number of likely N-dealkylation sites (tertiary alicyclic amines) is 1. The minimum atomic E-state index is 0.342. The number of nitrogens with zero attached hydrogens (tertiary/aromatic N) is 2. The maximum Gasteiger partial charge on any atom is 0.217 e. The molecule has 1 fully saturated rings. The van der Waals surface area contributed by atoms with Gasteiger partial charge in [0.25, 0.3) is 0 Å². The zero-order chi connectivity index (χ0) is 11.0. The molecule has 0 unspecified atom stereocenters. The van der Waals surface area contributed by atoms with E-state index < -0.39 is 0 Å². The second-order valence-electron chi connectivity index (χ2n) is 5.04. The van der Waals surface area contributed by atoms with Gasteiger partial charge in [0.15, 0.2) is 0 Å². The van der Waals surface area contributed by atoms with Crippen LogP contribution in [0.25, 0.3) is 0 Å². The predicted octanol–water partition coefficient (Wildman–Crippen LogP) is 1.83. The highest BCUT2D eigenvalue weighted by Crippen LogP contribution is 2.44. The van der Waals surface area contributed by atoms with Gasteiger partial charge in [-0.2, -0.15) is 0 Å². The molecule has 16 heavy (non-hydrogen) atoms. The number of aromatic nitrogens is 1. The van der Waals surface area contributed by atoms with E-state index in [-0.39, 0.29) is 0 Å². The number of pyridine rings is 1. The van der Waals surface area contributed by atoms with Crippen LogP contribution in [0.3, 0.4) is 0 Å². The Morgan fingerprint density at radius 1 is 1.31 bits per heavy atom. The van der Waals surface area contributed by atoms with Crippen LogP contribution in [0.2, 0.25) is 0 Å². The van der Waals surface area contributed by atoms with Gasteiger partial charge >= 0.3 is 0 Å². The standard InChI is InChI=1S/C13H18N2O/c1-15-8-4-13(5-9-15)6-10-16-12-11(13)3-2-7-14-12/h2-3,7H,4-6,8-10H2,1H3. The third-order valence-electron chi connectivity index (χ3n) is 4.11. The van der Waals surface area contributed by atoms with Crippen molar-refractivity contribution in [2.24, 2.45) is 0 Å². The number of hydrogen-bond donors (Lipinski definition) is 0. The Bertz CT molecular complexity index is 383. The largest absolute Gasteiger partial charge is 0.477 e. The maximum absolute atomic E-state index is 5.65. The summed E-state index contributed by atoms with van der Waals surface area (Å²) in [7, 11) is 2.20. The summed E-state index contributed by atoms with van der Waals surface area (Å²) < 4.78 is 5.65. The molecule has 86 valence electrons. The first kappa shape index (κ1) is 10.1. The molecule has 0 atom stereocenters. The van der Waals surface area contributed by atoms with Crippen molar-refractivity contribution >= 4 is 0 Å². The van der Waals surface area contributed by atoms with Crippen LogP contribution in [-0.4, -0.2) is 36.6 Å². The molecule has 1 saturated heterocycles. The molecule has 0 saturated carbocycles. The molecule has 3 nitrogen and oxygen atoms in total. The summed E-state index contributed by atoms with van der Waals surface area (Å²) in [5.74, 6) is 0.873. The van der Waals surface area contributed by atoms with Gasteiger partial charge in [0, 0.05) is 17.2 Å². The highest BCUT2D eigenvalue weighted by atomic mass is 16.5. The molecular weight excluding hydrogens is 200 g/mol. The molecule has 1 spiro atoms. The van der Waals surface area contributed by atoms with E-state index in [0.29, 0.717) is 5.41 Å². The van der Waals surface area contributed by atoms with E-state index in [1.54, 1.807) is 0 Å². The molecule has 0 amide bonds. The number of ether oxygens (including phenoxy) is 1. The van der Waals surface area contributed by atoms with Crippen molar-refractivity contribution in [2.45, 2.75) is 24.7 Å². The number of rotatable bonds is 0. The monoisotopic (exact) mass is 218 g/mol. The van der Waals surface area contributed by atoms with Crippen LogP contribution < -0.4 is 4.74 Å². The number of fused-ring (bicyclic) bond motifs is 2. The van der Waals surface area contributed by atoms with E-state index in [0.717, 1.165) is 18.9 Å². The minimum absolute atomic E-state index is 0.342. The zero-order valence-corrected chi connectivity index (χ0v) is 9.78. The van der Waals surface area contributed by atoms with Crippen molar-refractivity contribution in [3.8, 4) is 5.88 Å². The van der Waals surface area contributed by atoms with Gasteiger partial charge < -0.3 is 9.64 Å². The summed E-state index contributed by atoms with van der Waals surface area (Å²) in [6.45, 7) is 3.20. The fourth-order valence-electron chi connectivity index (χ4n) is 2.95. The summed E-state index contributed by atoms with van der Waals surface area (Å²) in [4.78, 5) is 6.77. The Kier molecular flexibility index (Phi) is 2.36. The van der Waals surface area contributed by atoms with E-state index in [1.165, 1.54) is 31.5 Å². The lowest BCUT2D eigenvalue weighted by Gasteiger charge is -2.43. The Morgan fingerprint density at radius 3 is 2.94 bits per heavy atom. The average molecular weight is 218 g/mol.